The van der Waals surface area contributed by atoms with Gasteiger partial charge in [-0.2, -0.15) is 4.31 Å². The fraction of sp³-hybridized carbons (Fsp3) is 0.320. The number of thiophene rings is 1. The highest BCUT2D eigenvalue weighted by Gasteiger charge is 2.41. The Morgan fingerprint density at radius 1 is 1.13 bits per heavy atom. The fourth-order valence-corrected chi connectivity index (χ4v) is 8.82. The average Bonchev–Trinajstić information content (AvgIpc) is 3.58. The summed E-state index contributed by atoms with van der Waals surface area (Å²) >= 11 is 8.32. The zero-order valence-electron chi connectivity index (χ0n) is 20.7. The van der Waals surface area contributed by atoms with E-state index in [0.29, 0.717) is 39.3 Å². The van der Waals surface area contributed by atoms with E-state index in [0.717, 1.165) is 28.0 Å². The molecule has 38 heavy (non-hydrogen) atoms. The highest BCUT2D eigenvalue weighted by molar-refractivity contribution is 7.91. The number of pyridine rings is 1. The molecular formula is C25H25ClN4O5S3. The summed E-state index contributed by atoms with van der Waals surface area (Å²) in [5.41, 5.74) is 1.35. The molecule has 0 aliphatic carbocycles. The molecule has 200 valence electrons. The predicted octanol–water partition coefficient (Wildman–Crippen LogP) is 5.20. The molecule has 1 amide bonds. The summed E-state index contributed by atoms with van der Waals surface area (Å²) in [6.07, 6.45) is 5.14. The van der Waals surface area contributed by atoms with Crippen molar-refractivity contribution in [1.82, 2.24) is 14.3 Å². The SMILES string of the molecule is COc1ccc(OC)c2sc(N(Cc3cccnc3)C(=O)C3CCCCN3S(=O)(=O)c3ccc(Cl)s3)nc12. The molecule has 5 rings (SSSR count). The number of carbonyl (C=O) groups excluding carboxylic acids is 1. The molecule has 1 aromatic carbocycles. The van der Waals surface area contributed by atoms with Crippen LogP contribution in [0.5, 0.6) is 11.5 Å². The van der Waals surface area contributed by atoms with E-state index in [-0.39, 0.29) is 23.2 Å². The second kappa shape index (κ2) is 11.1. The lowest BCUT2D eigenvalue weighted by Crippen LogP contribution is -2.52. The van der Waals surface area contributed by atoms with Gasteiger partial charge in [-0.1, -0.05) is 35.4 Å². The standard InChI is InChI=1S/C25H25ClN4O5S3/c1-34-18-8-9-19(35-2)23-22(18)28-25(37-23)29(15-16-6-5-12-27-14-16)24(31)17-7-3-4-13-30(17)38(32,33)21-11-10-20(26)36-21/h5-6,8-12,14,17H,3-4,7,13,15H2,1-2H3. The number of sulfonamides is 1. The Morgan fingerprint density at radius 3 is 2.61 bits per heavy atom. The molecular weight excluding hydrogens is 568 g/mol. The number of rotatable bonds is 8. The van der Waals surface area contributed by atoms with Crippen molar-refractivity contribution in [1.29, 1.82) is 0 Å². The summed E-state index contributed by atoms with van der Waals surface area (Å²) in [5.74, 6) is 0.806. The number of aromatic nitrogens is 2. The van der Waals surface area contributed by atoms with Crippen molar-refractivity contribution >= 4 is 65.6 Å². The summed E-state index contributed by atoms with van der Waals surface area (Å²) < 4.78 is 40.8. The van der Waals surface area contributed by atoms with E-state index in [2.05, 4.69) is 4.98 Å². The third-order valence-corrected chi connectivity index (χ3v) is 11.0. The second-order valence-corrected chi connectivity index (χ2v) is 13.4. The lowest BCUT2D eigenvalue weighted by atomic mass is 10.0. The molecule has 1 saturated heterocycles. The Morgan fingerprint density at radius 2 is 1.92 bits per heavy atom. The normalized spacial score (nSPS) is 16.4. The van der Waals surface area contributed by atoms with E-state index in [1.54, 1.807) is 55.8 Å². The number of carbonyl (C=O) groups is 1. The molecule has 1 atom stereocenters. The third-order valence-electron chi connectivity index (χ3n) is 6.31. The van der Waals surface area contributed by atoms with Crippen LogP contribution < -0.4 is 14.4 Å². The molecule has 0 spiro atoms. The van der Waals surface area contributed by atoms with Crippen LogP contribution >= 0.6 is 34.3 Å². The molecule has 1 aliphatic rings. The summed E-state index contributed by atoms with van der Waals surface area (Å²) in [6, 6.07) is 9.36. The van der Waals surface area contributed by atoms with Crippen LogP contribution in [0, 0.1) is 0 Å². The van der Waals surface area contributed by atoms with Crippen LogP contribution in [0.4, 0.5) is 5.13 Å². The number of ether oxygens (including phenoxy) is 2. The van der Waals surface area contributed by atoms with Crippen molar-refractivity contribution < 1.29 is 22.7 Å². The molecule has 13 heteroatoms. The highest BCUT2D eigenvalue weighted by Crippen LogP contribution is 2.41. The Kier molecular flexibility index (Phi) is 7.87. The number of methoxy groups -OCH3 is 2. The quantitative estimate of drug-likeness (QED) is 0.277. The van der Waals surface area contributed by atoms with Crippen molar-refractivity contribution in [3.63, 3.8) is 0 Å². The van der Waals surface area contributed by atoms with Gasteiger partial charge in [-0.15, -0.1) is 11.3 Å². The van der Waals surface area contributed by atoms with Crippen LogP contribution in [0.1, 0.15) is 24.8 Å². The lowest BCUT2D eigenvalue weighted by Gasteiger charge is -2.35. The first-order valence-corrected chi connectivity index (χ1v) is 15.3. The maximum atomic E-state index is 14.3. The topological polar surface area (TPSA) is 102 Å². The van der Waals surface area contributed by atoms with Crippen molar-refractivity contribution in [2.75, 3.05) is 25.7 Å². The maximum absolute atomic E-state index is 14.3. The van der Waals surface area contributed by atoms with E-state index < -0.39 is 16.1 Å². The fourth-order valence-electron chi connectivity index (χ4n) is 4.48. The first-order valence-electron chi connectivity index (χ1n) is 11.8. The number of anilines is 1. The van der Waals surface area contributed by atoms with Crippen LogP contribution in [-0.4, -0.2) is 55.4 Å². The molecule has 4 heterocycles. The molecule has 4 aromatic rings. The minimum Gasteiger partial charge on any atom is -0.495 e. The van der Waals surface area contributed by atoms with Crippen molar-refractivity contribution in [2.24, 2.45) is 0 Å². The predicted molar refractivity (Wildman–Crippen MR) is 149 cm³/mol. The van der Waals surface area contributed by atoms with Gasteiger partial charge in [0.05, 0.1) is 25.1 Å². The van der Waals surface area contributed by atoms with Crippen LogP contribution in [0.25, 0.3) is 10.2 Å². The zero-order valence-corrected chi connectivity index (χ0v) is 23.9. The van der Waals surface area contributed by atoms with Crippen LogP contribution in [0.15, 0.2) is 53.0 Å². The van der Waals surface area contributed by atoms with E-state index in [1.807, 2.05) is 6.07 Å². The van der Waals surface area contributed by atoms with Crippen LogP contribution in [0.3, 0.4) is 0 Å². The summed E-state index contributed by atoms with van der Waals surface area (Å²) in [6.45, 7) is 0.419. The van der Waals surface area contributed by atoms with Gasteiger partial charge in [0, 0.05) is 18.9 Å². The van der Waals surface area contributed by atoms with Gasteiger partial charge in [-0.05, 0) is 48.7 Å². The molecule has 0 radical (unpaired) electrons. The molecule has 1 aliphatic heterocycles. The van der Waals surface area contributed by atoms with Crippen molar-refractivity contribution in [2.45, 2.75) is 36.1 Å². The molecule has 3 aromatic heterocycles. The maximum Gasteiger partial charge on any atom is 0.253 e. The number of thiazole rings is 1. The number of hydrogen-bond acceptors (Lipinski definition) is 9. The lowest BCUT2D eigenvalue weighted by molar-refractivity contribution is -0.123. The van der Waals surface area contributed by atoms with Crippen molar-refractivity contribution in [3.8, 4) is 11.5 Å². The summed E-state index contributed by atoms with van der Waals surface area (Å²) in [4.78, 5) is 24.8. The number of hydrogen-bond donors (Lipinski definition) is 0. The Bertz CT molecular complexity index is 1520. The number of benzene rings is 1. The first kappa shape index (κ1) is 26.8. The number of amides is 1. The second-order valence-electron chi connectivity index (χ2n) is 8.62. The van der Waals surface area contributed by atoms with E-state index in [1.165, 1.54) is 21.7 Å². The zero-order chi connectivity index (χ0) is 26.9. The first-order chi connectivity index (χ1) is 18.3. The molecule has 0 saturated carbocycles. The average molecular weight is 593 g/mol. The van der Waals surface area contributed by atoms with Gasteiger partial charge in [0.15, 0.2) is 5.13 Å². The Balaban J connectivity index is 1.59. The minimum atomic E-state index is -3.92. The van der Waals surface area contributed by atoms with Gasteiger partial charge in [-0.3, -0.25) is 14.7 Å². The smallest absolute Gasteiger partial charge is 0.253 e. The van der Waals surface area contributed by atoms with Gasteiger partial charge in [0.1, 0.15) is 32.0 Å². The molecule has 0 bridgehead atoms. The number of nitrogens with zero attached hydrogens (tertiary/aromatic N) is 4. The van der Waals surface area contributed by atoms with Gasteiger partial charge in [0.25, 0.3) is 10.0 Å². The highest BCUT2D eigenvalue weighted by atomic mass is 35.5. The van der Waals surface area contributed by atoms with Crippen LogP contribution in [0.2, 0.25) is 4.34 Å². The Hall–Kier alpha value is -2.77. The largest absolute Gasteiger partial charge is 0.495 e. The molecule has 0 N–H and O–H groups in total. The molecule has 1 unspecified atom stereocenters. The van der Waals surface area contributed by atoms with E-state index in [4.69, 9.17) is 26.1 Å². The number of fused-ring (bicyclic) bond motifs is 1. The van der Waals surface area contributed by atoms with E-state index in [9.17, 15) is 13.2 Å². The molecule has 1 fully saturated rings. The van der Waals surface area contributed by atoms with E-state index >= 15 is 0 Å². The van der Waals surface area contributed by atoms with Crippen LogP contribution in [-0.2, 0) is 21.4 Å². The van der Waals surface area contributed by atoms with Gasteiger partial charge in [0.2, 0.25) is 5.91 Å². The van der Waals surface area contributed by atoms with Crippen molar-refractivity contribution in [3.05, 3.63) is 58.7 Å². The number of halogens is 1. The molecule has 9 nitrogen and oxygen atoms in total. The van der Waals surface area contributed by atoms with Gasteiger partial charge >= 0.3 is 0 Å². The Labute approximate surface area is 233 Å². The summed E-state index contributed by atoms with van der Waals surface area (Å²) in [5, 5.41) is 0.416. The third kappa shape index (κ3) is 5.10. The van der Waals surface area contributed by atoms with Gasteiger partial charge < -0.3 is 9.47 Å². The monoisotopic (exact) mass is 592 g/mol. The van der Waals surface area contributed by atoms with Gasteiger partial charge in [-0.25, -0.2) is 13.4 Å². The minimum absolute atomic E-state index is 0.121. The number of piperidine rings is 1. The summed E-state index contributed by atoms with van der Waals surface area (Å²) in [7, 11) is -0.793.